The number of nitrogens with zero attached hydrogens (tertiary/aromatic N) is 6. The van der Waals surface area contributed by atoms with Crippen LogP contribution in [0.5, 0.6) is 0 Å². The van der Waals surface area contributed by atoms with Gasteiger partial charge in [0.15, 0.2) is 0 Å². The number of aromatic nitrogens is 6. The van der Waals surface area contributed by atoms with Crippen molar-refractivity contribution in [2.24, 2.45) is 0 Å². The zero-order valence-corrected chi connectivity index (χ0v) is 19.5. The standard InChI is InChI=1S/C29H26N6/c1(6-20-34-26-10-4-2-8-24(26)32-28(34)22-12-16-30-17-13-22)7-21-35-27-11-5-3-9-25(27)33-29(35)23-14-18-31-19-15-23/h2-5,8-19H,1,6-7,20-21H2. The average Bonchev–Trinajstić information content (AvgIpc) is 3.48. The number of fused-ring (bicyclic) bond motifs is 2. The topological polar surface area (TPSA) is 61.4 Å². The van der Waals surface area contributed by atoms with Gasteiger partial charge >= 0.3 is 0 Å². The van der Waals surface area contributed by atoms with Crippen LogP contribution in [-0.4, -0.2) is 29.1 Å². The lowest BCUT2D eigenvalue weighted by Gasteiger charge is -2.11. The maximum Gasteiger partial charge on any atom is 0.141 e. The minimum atomic E-state index is 0.931. The Morgan fingerprint density at radius 1 is 0.486 bits per heavy atom. The maximum atomic E-state index is 4.92. The molecular weight excluding hydrogens is 432 g/mol. The molecule has 4 heterocycles. The van der Waals surface area contributed by atoms with E-state index in [2.05, 4.69) is 55.5 Å². The molecule has 0 aliphatic rings. The molecule has 0 aliphatic carbocycles. The molecule has 0 saturated carbocycles. The fourth-order valence-electron chi connectivity index (χ4n) is 4.76. The van der Waals surface area contributed by atoms with Crippen molar-refractivity contribution >= 4 is 22.1 Å². The fourth-order valence-corrected chi connectivity index (χ4v) is 4.76. The molecule has 0 aliphatic heterocycles. The first kappa shape index (κ1) is 21.2. The van der Waals surface area contributed by atoms with Crippen LogP contribution >= 0.6 is 0 Å². The Balaban J connectivity index is 1.20. The molecular formula is C29H26N6. The van der Waals surface area contributed by atoms with E-state index >= 15 is 0 Å². The minimum Gasteiger partial charge on any atom is -0.324 e. The molecule has 0 atom stereocenters. The van der Waals surface area contributed by atoms with Crippen molar-refractivity contribution in [2.45, 2.75) is 32.4 Å². The summed E-state index contributed by atoms with van der Waals surface area (Å²) in [4.78, 5) is 18.2. The van der Waals surface area contributed by atoms with Crippen molar-refractivity contribution in [1.82, 2.24) is 29.1 Å². The van der Waals surface area contributed by atoms with Crippen molar-refractivity contribution in [2.75, 3.05) is 0 Å². The lowest BCUT2D eigenvalue weighted by atomic mass is 10.2. The number of rotatable bonds is 8. The predicted molar refractivity (Wildman–Crippen MR) is 140 cm³/mol. The zero-order valence-electron chi connectivity index (χ0n) is 19.5. The molecule has 6 nitrogen and oxygen atoms in total. The number of imidazole rings is 2. The summed E-state index contributed by atoms with van der Waals surface area (Å²) in [6.45, 7) is 1.86. The van der Waals surface area contributed by atoms with Crippen LogP contribution in [0.1, 0.15) is 19.3 Å². The van der Waals surface area contributed by atoms with Crippen molar-refractivity contribution in [3.05, 3.63) is 97.6 Å². The molecule has 6 aromatic rings. The number of hydrogen-bond donors (Lipinski definition) is 0. The van der Waals surface area contributed by atoms with Gasteiger partial charge in [0.25, 0.3) is 0 Å². The normalized spacial score (nSPS) is 11.4. The predicted octanol–water partition coefficient (Wildman–Crippen LogP) is 6.38. The van der Waals surface area contributed by atoms with Crippen LogP contribution in [0.2, 0.25) is 0 Å². The molecule has 0 spiro atoms. The summed E-state index contributed by atoms with van der Waals surface area (Å²) in [5.74, 6) is 2.02. The third-order valence-corrected chi connectivity index (χ3v) is 6.45. The quantitative estimate of drug-likeness (QED) is 0.248. The van der Waals surface area contributed by atoms with Gasteiger partial charge < -0.3 is 9.13 Å². The van der Waals surface area contributed by atoms with Gasteiger partial charge in [-0.15, -0.1) is 0 Å². The molecule has 0 saturated heterocycles. The van der Waals surface area contributed by atoms with Crippen molar-refractivity contribution in [3.63, 3.8) is 0 Å². The summed E-state index contributed by atoms with van der Waals surface area (Å²) < 4.78 is 4.69. The van der Waals surface area contributed by atoms with Gasteiger partial charge in [0, 0.05) is 49.0 Å². The van der Waals surface area contributed by atoms with Crippen LogP contribution < -0.4 is 0 Å². The molecule has 172 valence electrons. The van der Waals surface area contributed by atoms with Gasteiger partial charge in [0.05, 0.1) is 22.1 Å². The van der Waals surface area contributed by atoms with E-state index in [0.717, 1.165) is 66.2 Å². The molecule has 0 fully saturated rings. The van der Waals surface area contributed by atoms with E-state index in [1.807, 2.05) is 61.2 Å². The second-order valence-corrected chi connectivity index (χ2v) is 8.68. The zero-order chi connectivity index (χ0) is 23.5. The van der Waals surface area contributed by atoms with Crippen molar-refractivity contribution < 1.29 is 0 Å². The molecule has 35 heavy (non-hydrogen) atoms. The van der Waals surface area contributed by atoms with Crippen molar-refractivity contribution in [1.29, 1.82) is 0 Å². The van der Waals surface area contributed by atoms with E-state index < -0.39 is 0 Å². The Bertz CT molecular complexity index is 1450. The Hall–Kier alpha value is -4.32. The van der Waals surface area contributed by atoms with Crippen LogP contribution in [0.4, 0.5) is 0 Å². The average molecular weight is 459 g/mol. The second kappa shape index (κ2) is 9.50. The van der Waals surface area contributed by atoms with Gasteiger partial charge in [-0.05, 0) is 67.8 Å². The van der Waals surface area contributed by atoms with E-state index in [-0.39, 0.29) is 0 Å². The first-order valence-corrected chi connectivity index (χ1v) is 12.1. The van der Waals surface area contributed by atoms with Crippen molar-refractivity contribution in [3.8, 4) is 22.8 Å². The SMILES string of the molecule is c1ccc2c(c1)nc(-c1ccncc1)n2CCCCCn1c(-c2ccncc2)nc2ccccc21. The molecule has 0 amide bonds. The van der Waals surface area contributed by atoms with Gasteiger partial charge in [0.2, 0.25) is 0 Å². The summed E-state index contributed by atoms with van der Waals surface area (Å²) in [6.07, 6.45) is 10.6. The highest BCUT2D eigenvalue weighted by atomic mass is 15.1. The van der Waals surface area contributed by atoms with Crippen LogP contribution in [-0.2, 0) is 13.1 Å². The highest BCUT2D eigenvalue weighted by Gasteiger charge is 2.14. The van der Waals surface area contributed by atoms with Gasteiger partial charge in [0.1, 0.15) is 11.6 Å². The summed E-state index contributed by atoms with van der Waals surface area (Å²) in [5.41, 5.74) is 6.63. The lowest BCUT2D eigenvalue weighted by molar-refractivity contribution is 0.560. The molecule has 4 aromatic heterocycles. The maximum absolute atomic E-state index is 4.92. The van der Waals surface area contributed by atoms with Crippen LogP contribution in [0, 0.1) is 0 Å². The van der Waals surface area contributed by atoms with E-state index in [9.17, 15) is 0 Å². The van der Waals surface area contributed by atoms with E-state index in [4.69, 9.17) is 9.97 Å². The molecule has 0 N–H and O–H groups in total. The summed E-state index contributed by atoms with van der Waals surface area (Å²) in [5, 5.41) is 0. The molecule has 2 aromatic carbocycles. The van der Waals surface area contributed by atoms with Gasteiger partial charge in [-0.2, -0.15) is 0 Å². The number of unbranched alkanes of at least 4 members (excludes halogenated alkanes) is 2. The van der Waals surface area contributed by atoms with E-state index in [0.29, 0.717) is 0 Å². The smallest absolute Gasteiger partial charge is 0.141 e. The monoisotopic (exact) mass is 458 g/mol. The first-order chi connectivity index (χ1) is 17.4. The summed E-state index contributed by atoms with van der Waals surface area (Å²) in [6, 6.07) is 24.9. The third kappa shape index (κ3) is 4.19. The molecule has 6 rings (SSSR count). The largest absolute Gasteiger partial charge is 0.324 e. The number of benzene rings is 2. The number of hydrogen-bond acceptors (Lipinski definition) is 4. The third-order valence-electron chi connectivity index (χ3n) is 6.45. The summed E-state index contributed by atoms with van der Waals surface area (Å²) >= 11 is 0. The fraction of sp³-hybridized carbons (Fsp3) is 0.172. The molecule has 0 radical (unpaired) electrons. The molecule has 0 unspecified atom stereocenters. The molecule has 0 bridgehead atoms. The van der Waals surface area contributed by atoms with Gasteiger partial charge in [-0.3, -0.25) is 9.97 Å². The Morgan fingerprint density at radius 2 is 0.914 bits per heavy atom. The Labute approximate surface area is 204 Å². The highest BCUT2D eigenvalue weighted by molar-refractivity contribution is 5.81. The highest BCUT2D eigenvalue weighted by Crippen LogP contribution is 2.27. The number of para-hydroxylation sites is 4. The second-order valence-electron chi connectivity index (χ2n) is 8.68. The minimum absolute atomic E-state index is 0.931. The molecule has 6 heteroatoms. The Morgan fingerprint density at radius 3 is 1.37 bits per heavy atom. The van der Waals surface area contributed by atoms with Crippen LogP contribution in [0.25, 0.3) is 44.8 Å². The number of aryl methyl sites for hydroxylation is 2. The van der Waals surface area contributed by atoms with E-state index in [1.54, 1.807) is 0 Å². The van der Waals surface area contributed by atoms with Gasteiger partial charge in [-0.1, -0.05) is 24.3 Å². The first-order valence-electron chi connectivity index (χ1n) is 12.1. The summed E-state index contributed by atoms with van der Waals surface area (Å²) in [7, 11) is 0. The van der Waals surface area contributed by atoms with Gasteiger partial charge in [-0.25, -0.2) is 9.97 Å². The lowest BCUT2D eigenvalue weighted by Crippen LogP contribution is -2.04. The number of pyridine rings is 2. The van der Waals surface area contributed by atoms with Crippen LogP contribution in [0.3, 0.4) is 0 Å². The van der Waals surface area contributed by atoms with E-state index in [1.165, 1.54) is 11.0 Å². The Kier molecular flexibility index (Phi) is 5.77. The van der Waals surface area contributed by atoms with Crippen LogP contribution in [0.15, 0.2) is 97.6 Å².